The van der Waals surface area contributed by atoms with Crippen LogP contribution in [0.25, 0.3) is 66.8 Å². The normalized spacial score (nSPS) is 13.4. The molecule has 0 unspecified atom stereocenters. The Balaban J connectivity index is 1.30. The molecule has 0 N–H and O–H groups in total. The van der Waals surface area contributed by atoms with Crippen LogP contribution in [-0.2, 0) is 14.5 Å². The van der Waals surface area contributed by atoms with Crippen molar-refractivity contribution in [1.82, 2.24) is 15.0 Å². The van der Waals surface area contributed by atoms with E-state index in [-0.39, 0.29) is 0 Å². The molecule has 7 heteroatoms. The fraction of sp³-hybridized carbons (Fsp3) is 0.0962. The number of rotatable bonds is 7. The molecule has 0 amide bonds. The van der Waals surface area contributed by atoms with Crippen LogP contribution in [0.4, 0.5) is 0 Å². The van der Waals surface area contributed by atoms with E-state index in [1.54, 1.807) is 0 Å². The van der Waals surface area contributed by atoms with E-state index in [0.717, 1.165) is 82.2 Å². The molecule has 0 saturated carbocycles. The topological polar surface area (TPSA) is 72.8 Å². The van der Waals surface area contributed by atoms with Gasteiger partial charge in [0, 0.05) is 27.3 Å². The molecule has 59 heavy (non-hydrogen) atoms. The van der Waals surface area contributed by atoms with Crippen LogP contribution < -0.4 is 10.6 Å². The van der Waals surface area contributed by atoms with E-state index in [2.05, 4.69) is 140 Å². The van der Waals surface area contributed by atoms with Crippen molar-refractivity contribution >= 4 is 46.4 Å². The summed E-state index contributed by atoms with van der Waals surface area (Å²) in [5.41, 5.74) is 8.05. The van der Waals surface area contributed by atoms with E-state index in [9.17, 15) is 9.13 Å². The van der Waals surface area contributed by atoms with Gasteiger partial charge in [-0.3, -0.25) is 0 Å². The Morgan fingerprint density at radius 1 is 0.407 bits per heavy atom. The highest BCUT2D eigenvalue weighted by atomic mass is 31.2. The van der Waals surface area contributed by atoms with Gasteiger partial charge in [-0.05, 0) is 99.8 Å². The van der Waals surface area contributed by atoms with E-state index in [1.165, 1.54) is 0 Å². The molecule has 0 bridgehead atoms. The Hall–Kier alpha value is -6.25. The Labute approximate surface area is 344 Å². The van der Waals surface area contributed by atoms with Crippen molar-refractivity contribution in [3.8, 4) is 45.3 Å². The lowest BCUT2D eigenvalue weighted by Gasteiger charge is -2.35. The monoisotopic (exact) mass is 801 g/mol. The number of hydrogen-bond donors (Lipinski definition) is 0. The average molecular weight is 802 g/mol. The predicted molar refractivity (Wildman–Crippen MR) is 247 cm³/mol. The summed E-state index contributed by atoms with van der Waals surface area (Å²) in [4.78, 5) is 15.9. The van der Waals surface area contributed by atoms with Crippen molar-refractivity contribution in [2.24, 2.45) is 0 Å². The maximum absolute atomic E-state index is 13.7. The maximum atomic E-state index is 13.7. The van der Waals surface area contributed by atoms with Gasteiger partial charge in [0.1, 0.15) is 14.3 Å². The molecule has 0 radical (unpaired) electrons. The summed E-state index contributed by atoms with van der Waals surface area (Å²) in [6.07, 6.45) is 0. The zero-order chi connectivity index (χ0) is 40.5. The molecule has 1 heterocycles. The van der Waals surface area contributed by atoms with Crippen molar-refractivity contribution in [3.05, 3.63) is 198 Å². The molecular formula is C52H41N3O2P2. The molecule has 10 rings (SSSR count). The van der Waals surface area contributed by atoms with Crippen LogP contribution in [0, 0.1) is 0 Å². The Morgan fingerprint density at radius 2 is 0.915 bits per heavy atom. The van der Waals surface area contributed by atoms with Crippen molar-refractivity contribution < 1.29 is 9.13 Å². The van der Waals surface area contributed by atoms with Gasteiger partial charge in [-0.15, -0.1) is 0 Å². The minimum Gasteiger partial charge on any atom is -0.319 e. The summed E-state index contributed by atoms with van der Waals surface area (Å²) < 4.78 is 27.5. The van der Waals surface area contributed by atoms with Crippen LogP contribution in [-0.4, -0.2) is 41.6 Å². The van der Waals surface area contributed by atoms with E-state index in [0.29, 0.717) is 17.5 Å². The summed E-state index contributed by atoms with van der Waals surface area (Å²) in [6.45, 7) is 7.28. The molecule has 8 aromatic carbocycles. The molecule has 0 aliphatic heterocycles. The SMILES string of the molecule is CP(C)(=O)c1cccc(C2(c3cccc(P(C)(C)=O)c3)c3ccccc3-c3c(-c4nc(-c5ccc6ccccc6c5)nc(-c5cccc6ccccc56)n4)cccc32)c1. The second-order valence-electron chi connectivity index (χ2n) is 16.2. The fourth-order valence-corrected chi connectivity index (χ4v) is 10.7. The molecule has 286 valence electrons. The van der Waals surface area contributed by atoms with Crippen LogP contribution in [0.5, 0.6) is 0 Å². The maximum Gasteiger partial charge on any atom is 0.164 e. The molecule has 1 aliphatic rings. The molecule has 0 saturated heterocycles. The third-order valence-electron chi connectivity index (χ3n) is 11.8. The highest BCUT2D eigenvalue weighted by molar-refractivity contribution is 7.70. The van der Waals surface area contributed by atoms with Crippen LogP contribution in [0.2, 0.25) is 0 Å². The zero-order valence-electron chi connectivity index (χ0n) is 33.3. The molecular weight excluding hydrogens is 761 g/mol. The van der Waals surface area contributed by atoms with Gasteiger partial charge in [0.05, 0.1) is 5.41 Å². The summed E-state index contributed by atoms with van der Waals surface area (Å²) in [5, 5.41) is 6.03. The lowest BCUT2D eigenvalue weighted by Crippen LogP contribution is -2.30. The smallest absolute Gasteiger partial charge is 0.164 e. The van der Waals surface area contributed by atoms with Gasteiger partial charge in [0.15, 0.2) is 17.5 Å². The largest absolute Gasteiger partial charge is 0.319 e. The van der Waals surface area contributed by atoms with Crippen molar-refractivity contribution in [2.45, 2.75) is 5.41 Å². The first-order chi connectivity index (χ1) is 28.5. The zero-order valence-corrected chi connectivity index (χ0v) is 35.1. The summed E-state index contributed by atoms with van der Waals surface area (Å²) in [7, 11) is -5.29. The van der Waals surface area contributed by atoms with Gasteiger partial charge in [0.2, 0.25) is 0 Å². The molecule has 1 aromatic heterocycles. The second-order valence-corrected chi connectivity index (χ2v) is 22.7. The fourth-order valence-electron chi connectivity index (χ4n) is 8.95. The first-order valence-electron chi connectivity index (χ1n) is 19.8. The first-order valence-corrected chi connectivity index (χ1v) is 25.0. The molecule has 5 nitrogen and oxygen atoms in total. The lowest BCUT2D eigenvalue weighted by atomic mass is 9.67. The molecule has 9 aromatic rings. The minimum absolute atomic E-state index is 0.564. The molecule has 0 fully saturated rings. The van der Waals surface area contributed by atoms with Gasteiger partial charge >= 0.3 is 0 Å². The summed E-state index contributed by atoms with van der Waals surface area (Å²) in [6, 6.07) is 60.7. The summed E-state index contributed by atoms with van der Waals surface area (Å²) in [5.74, 6) is 1.74. The van der Waals surface area contributed by atoms with Crippen molar-refractivity contribution in [1.29, 1.82) is 0 Å². The Morgan fingerprint density at radius 3 is 1.63 bits per heavy atom. The standard InChI is InChI=1S/C52H41N3O2P2/c1-58(2,56)40-21-12-19-38(32-40)52(39-20-13-22-41(33-39)59(3,4)57)46-27-10-9-24-44(46)48-45(26-14-28-47(48)52)51-54-49(37-30-29-34-15-5-6-17-36(34)31-37)53-50(55-51)43-25-11-18-35-16-7-8-23-42(35)43/h5-33H,1-4H3. The van der Waals surface area contributed by atoms with Crippen LogP contribution in [0.15, 0.2) is 176 Å². The van der Waals surface area contributed by atoms with E-state index < -0.39 is 19.7 Å². The van der Waals surface area contributed by atoms with Crippen LogP contribution >= 0.6 is 14.3 Å². The quantitative estimate of drug-likeness (QED) is 0.150. The third kappa shape index (κ3) is 6.20. The number of aromatic nitrogens is 3. The van der Waals surface area contributed by atoms with Crippen LogP contribution in [0.1, 0.15) is 22.3 Å². The Kier molecular flexibility index (Phi) is 8.76. The first kappa shape index (κ1) is 37.0. The number of fused-ring (bicyclic) bond motifs is 5. The van der Waals surface area contributed by atoms with Gasteiger partial charge in [0.25, 0.3) is 0 Å². The number of benzene rings is 8. The van der Waals surface area contributed by atoms with Crippen LogP contribution in [0.3, 0.4) is 0 Å². The lowest BCUT2D eigenvalue weighted by molar-refractivity contribution is 0.587. The highest BCUT2D eigenvalue weighted by Crippen LogP contribution is 2.58. The highest BCUT2D eigenvalue weighted by Gasteiger charge is 2.47. The van der Waals surface area contributed by atoms with Gasteiger partial charge < -0.3 is 9.13 Å². The van der Waals surface area contributed by atoms with E-state index in [1.807, 2.05) is 63.1 Å². The predicted octanol–water partition coefficient (Wildman–Crippen LogP) is 12.0. The number of hydrogen-bond acceptors (Lipinski definition) is 5. The van der Waals surface area contributed by atoms with E-state index in [4.69, 9.17) is 15.0 Å². The van der Waals surface area contributed by atoms with Gasteiger partial charge in [-0.1, -0.05) is 158 Å². The molecule has 0 atom stereocenters. The minimum atomic E-state index is -2.64. The average Bonchev–Trinajstić information content (AvgIpc) is 3.57. The van der Waals surface area contributed by atoms with Crippen molar-refractivity contribution in [2.75, 3.05) is 26.7 Å². The molecule has 0 spiro atoms. The third-order valence-corrected chi connectivity index (χ3v) is 14.8. The Bertz CT molecular complexity index is 3180. The number of nitrogens with zero attached hydrogens (tertiary/aromatic N) is 3. The second kappa shape index (κ2) is 13.9. The van der Waals surface area contributed by atoms with E-state index >= 15 is 0 Å². The van der Waals surface area contributed by atoms with Gasteiger partial charge in [-0.2, -0.15) is 0 Å². The summed E-state index contributed by atoms with van der Waals surface area (Å²) >= 11 is 0. The van der Waals surface area contributed by atoms with Crippen molar-refractivity contribution in [3.63, 3.8) is 0 Å². The van der Waals surface area contributed by atoms with Gasteiger partial charge in [-0.25, -0.2) is 15.0 Å². The molecule has 1 aliphatic carbocycles.